The van der Waals surface area contributed by atoms with E-state index in [9.17, 15) is 4.39 Å². The summed E-state index contributed by atoms with van der Waals surface area (Å²) in [6.07, 6.45) is 5.17. The number of aromatic nitrogens is 2. The van der Waals surface area contributed by atoms with Gasteiger partial charge in [0, 0.05) is 40.1 Å². The molecule has 3 aromatic rings. The molecule has 1 aromatic heterocycles. The summed E-state index contributed by atoms with van der Waals surface area (Å²) < 4.78 is 21.4. The zero-order valence-corrected chi connectivity index (χ0v) is 14.8. The Morgan fingerprint density at radius 2 is 1.96 bits per heavy atom. The molecule has 2 aromatic carbocycles. The van der Waals surface area contributed by atoms with Crippen molar-refractivity contribution in [3.63, 3.8) is 0 Å². The van der Waals surface area contributed by atoms with Crippen molar-refractivity contribution < 1.29 is 9.13 Å². The number of hydrogen-bond donors (Lipinski definition) is 0. The zero-order valence-electron chi connectivity index (χ0n) is 13.3. The van der Waals surface area contributed by atoms with Crippen LogP contribution in [0.5, 0.6) is 5.75 Å². The highest BCUT2D eigenvalue weighted by Gasteiger charge is 2.12. The van der Waals surface area contributed by atoms with Crippen molar-refractivity contribution in [2.24, 2.45) is 0 Å². The van der Waals surface area contributed by atoms with Gasteiger partial charge in [0.15, 0.2) is 0 Å². The summed E-state index contributed by atoms with van der Waals surface area (Å²) in [4.78, 5) is 3.99. The summed E-state index contributed by atoms with van der Waals surface area (Å²) >= 11 is 12.3. The number of imidazole rings is 1. The number of rotatable bonds is 6. The molecule has 3 nitrogen and oxygen atoms in total. The third-order valence-corrected chi connectivity index (χ3v) is 4.40. The summed E-state index contributed by atoms with van der Waals surface area (Å²) in [6.45, 7) is 4.70. The van der Waals surface area contributed by atoms with Crippen molar-refractivity contribution in [1.82, 2.24) is 9.55 Å². The van der Waals surface area contributed by atoms with Crippen LogP contribution in [0.1, 0.15) is 11.1 Å². The highest BCUT2D eigenvalue weighted by Crippen LogP contribution is 2.30. The van der Waals surface area contributed by atoms with Crippen molar-refractivity contribution in [1.29, 1.82) is 0 Å². The van der Waals surface area contributed by atoms with Gasteiger partial charge in [-0.15, -0.1) is 0 Å². The van der Waals surface area contributed by atoms with Gasteiger partial charge in [-0.05, 0) is 35.9 Å². The van der Waals surface area contributed by atoms with Crippen LogP contribution in [0.25, 0.3) is 5.57 Å². The van der Waals surface area contributed by atoms with E-state index in [-0.39, 0.29) is 12.4 Å². The topological polar surface area (TPSA) is 27.1 Å². The van der Waals surface area contributed by atoms with E-state index in [1.807, 2.05) is 10.8 Å². The quantitative estimate of drug-likeness (QED) is 0.557. The predicted octanol–water partition coefficient (Wildman–Crippen LogP) is 5.62. The van der Waals surface area contributed by atoms with Gasteiger partial charge in [0.25, 0.3) is 0 Å². The van der Waals surface area contributed by atoms with Crippen LogP contribution in [0.2, 0.25) is 10.0 Å². The van der Waals surface area contributed by atoms with Crippen molar-refractivity contribution in [3.8, 4) is 5.75 Å². The average Bonchev–Trinajstić information content (AvgIpc) is 3.08. The molecular weight excluding hydrogens is 362 g/mol. The Bertz CT molecular complexity index is 874. The Kier molecular flexibility index (Phi) is 5.41. The smallest absolute Gasteiger partial charge is 0.127 e. The number of halogens is 3. The van der Waals surface area contributed by atoms with E-state index in [0.717, 1.165) is 0 Å². The number of hydrogen-bond acceptors (Lipinski definition) is 2. The van der Waals surface area contributed by atoms with Crippen molar-refractivity contribution in [2.45, 2.75) is 13.2 Å². The lowest BCUT2D eigenvalue weighted by Gasteiger charge is -2.15. The highest BCUT2D eigenvalue weighted by molar-refractivity contribution is 6.35. The molecule has 0 unspecified atom stereocenters. The second-order valence-corrected chi connectivity index (χ2v) is 6.28. The van der Waals surface area contributed by atoms with Crippen molar-refractivity contribution >= 4 is 28.8 Å². The number of benzene rings is 2. The summed E-state index contributed by atoms with van der Waals surface area (Å²) in [6, 6.07) is 9.59. The van der Waals surface area contributed by atoms with E-state index < -0.39 is 0 Å². The molecule has 25 heavy (non-hydrogen) atoms. The molecule has 0 aliphatic heterocycles. The van der Waals surface area contributed by atoms with Crippen LogP contribution in [0.3, 0.4) is 0 Å². The van der Waals surface area contributed by atoms with Gasteiger partial charge in [-0.3, -0.25) is 0 Å². The lowest BCUT2D eigenvalue weighted by molar-refractivity contribution is 0.305. The van der Waals surface area contributed by atoms with Crippen LogP contribution in [0.15, 0.2) is 61.7 Å². The van der Waals surface area contributed by atoms with Crippen molar-refractivity contribution in [2.75, 3.05) is 0 Å². The fourth-order valence-electron chi connectivity index (χ4n) is 2.41. The molecule has 0 N–H and O–H groups in total. The Morgan fingerprint density at radius 3 is 2.64 bits per heavy atom. The van der Waals surface area contributed by atoms with Gasteiger partial charge in [-0.2, -0.15) is 0 Å². The molecule has 0 atom stereocenters. The third-order valence-electron chi connectivity index (χ3n) is 3.69. The molecule has 128 valence electrons. The van der Waals surface area contributed by atoms with Crippen LogP contribution < -0.4 is 4.74 Å². The van der Waals surface area contributed by atoms with Crippen LogP contribution >= 0.6 is 23.2 Å². The summed E-state index contributed by atoms with van der Waals surface area (Å²) in [5.41, 5.74) is 1.98. The maximum atomic E-state index is 13.7. The molecule has 0 spiro atoms. The fourth-order valence-corrected chi connectivity index (χ4v) is 2.92. The zero-order chi connectivity index (χ0) is 17.8. The minimum absolute atomic E-state index is 0.176. The minimum Gasteiger partial charge on any atom is -0.488 e. The van der Waals surface area contributed by atoms with E-state index in [4.69, 9.17) is 27.9 Å². The SMILES string of the molecule is C=C(Cn1ccnc1)c1cc(F)ccc1OCc1c(Cl)cccc1Cl. The predicted molar refractivity (Wildman–Crippen MR) is 98.5 cm³/mol. The van der Waals surface area contributed by atoms with E-state index >= 15 is 0 Å². The Balaban J connectivity index is 1.83. The minimum atomic E-state index is -0.357. The number of nitrogens with zero attached hydrogens (tertiary/aromatic N) is 2. The molecule has 0 aliphatic carbocycles. The molecule has 0 radical (unpaired) electrons. The number of ether oxygens (including phenoxy) is 1. The maximum absolute atomic E-state index is 13.7. The first-order valence-corrected chi connectivity index (χ1v) is 8.29. The van der Waals surface area contributed by atoms with E-state index in [0.29, 0.717) is 39.0 Å². The molecule has 3 rings (SSSR count). The third kappa shape index (κ3) is 4.21. The van der Waals surface area contributed by atoms with Gasteiger partial charge in [0.1, 0.15) is 18.2 Å². The first-order valence-electron chi connectivity index (χ1n) is 7.53. The second-order valence-electron chi connectivity index (χ2n) is 5.47. The van der Waals surface area contributed by atoms with E-state index in [1.54, 1.807) is 36.8 Å². The Morgan fingerprint density at radius 1 is 1.20 bits per heavy atom. The largest absolute Gasteiger partial charge is 0.488 e. The van der Waals surface area contributed by atoms with E-state index in [2.05, 4.69) is 11.6 Å². The van der Waals surface area contributed by atoms with Crippen molar-refractivity contribution in [3.05, 3.63) is 88.7 Å². The molecule has 0 amide bonds. The maximum Gasteiger partial charge on any atom is 0.127 e. The van der Waals surface area contributed by atoms with Crippen LogP contribution in [0, 0.1) is 5.82 Å². The lowest BCUT2D eigenvalue weighted by Crippen LogP contribution is -2.03. The first-order chi connectivity index (χ1) is 12.0. The monoisotopic (exact) mass is 376 g/mol. The van der Waals surface area contributed by atoms with Gasteiger partial charge >= 0.3 is 0 Å². The second kappa shape index (κ2) is 7.72. The van der Waals surface area contributed by atoms with Crippen LogP contribution in [0.4, 0.5) is 4.39 Å². The molecule has 0 bridgehead atoms. The van der Waals surface area contributed by atoms with Crippen LogP contribution in [-0.4, -0.2) is 9.55 Å². The Labute approximate surface area is 155 Å². The van der Waals surface area contributed by atoms with Gasteiger partial charge < -0.3 is 9.30 Å². The molecule has 6 heteroatoms. The van der Waals surface area contributed by atoms with Gasteiger partial charge in [0.05, 0.1) is 6.33 Å². The molecule has 0 saturated heterocycles. The summed E-state index contributed by atoms with van der Waals surface area (Å²) in [5.74, 6) is 0.160. The molecule has 0 aliphatic rings. The fraction of sp³-hybridized carbons (Fsp3) is 0.105. The molecule has 0 fully saturated rings. The van der Waals surface area contributed by atoms with Gasteiger partial charge in [-0.25, -0.2) is 9.37 Å². The number of allylic oxidation sites excluding steroid dienone is 1. The molecular formula is C19H15Cl2FN2O. The first kappa shape index (κ1) is 17.5. The molecule has 0 saturated carbocycles. The summed E-state index contributed by atoms with van der Waals surface area (Å²) in [5, 5.41) is 1.04. The highest BCUT2D eigenvalue weighted by atomic mass is 35.5. The van der Waals surface area contributed by atoms with Gasteiger partial charge in [0.2, 0.25) is 0 Å². The Hall–Kier alpha value is -2.30. The van der Waals surface area contributed by atoms with Crippen LogP contribution in [-0.2, 0) is 13.2 Å². The molecule has 1 heterocycles. The summed E-state index contributed by atoms with van der Waals surface area (Å²) in [7, 11) is 0. The van der Waals surface area contributed by atoms with Gasteiger partial charge in [-0.1, -0.05) is 35.8 Å². The standard InChI is InChI=1S/C19H15Cl2FN2O/c1-13(10-24-8-7-23-12-24)15-9-14(22)5-6-19(15)25-11-16-17(20)3-2-4-18(16)21/h2-9,12H,1,10-11H2. The van der Waals surface area contributed by atoms with E-state index in [1.165, 1.54) is 12.1 Å². The average molecular weight is 377 g/mol. The normalized spacial score (nSPS) is 10.7. The lowest BCUT2D eigenvalue weighted by atomic mass is 10.1.